The van der Waals surface area contributed by atoms with Gasteiger partial charge in [-0.15, -0.1) is 0 Å². The lowest BCUT2D eigenvalue weighted by atomic mass is 9.89. The Morgan fingerprint density at radius 1 is 1.10 bits per heavy atom. The van der Waals surface area contributed by atoms with Crippen LogP contribution >= 0.6 is 7.60 Å². The van der Waals surface area contributed by atoms with Crippen molar-refractivity contribution < 1.29 is 28.6 Å². The molecule has 2 fully saturated rings. The summed E-state index contributed by atoms with van der Waals surface area (Å²) in [5, 5.41) is 20.9. The number of unbranched alkanes of at least 4 members (excludes halogenated alkanes) is 2. The van der Waals surface area contributed by atoms with Gasteiger partial charge in [0.25, 0.3) is 0 Å². The van der Waals surface area contributed by atoms with Gasteiger partial charge in [-0.1, -0.05) is 56.5 Å². The third kappa shape index (κ3) is 6.62. The van der Waals surface area contributed by atoms with Gasteiger partial charge >= 0.3 is 7.60 Å². The van der Waals surface area contributed by atoms with E-state index in [1.54, 1.807) is 0 Å². The molecule has 0 radical (unpaired) electrons. The molecule has 1 aliphatic heterocycles. The molecule has 2 N–H and O–H groups in total. The predicted octanol–water partition coefficient (Wildman–Crippen LogP) is 4.18. The molecular weight excluding hydrogens is 403 g/mol. The van der Waals surface area contributed by atoms with E-state index in [-0.39, 0.29) is 36.8 Å². The number of hydrogen-bond acceptors (Lipinski definition) is 6. The maximum absolute atomic E-state index is 13.0. The van der Waals surface area contributed by atoms with Crippen molar-refractivity contribution >= 4 is 7.60 Å². The number of aliphatic hydroxyl groups is 2. The van der Waals surface area contributed by atoms with Crippen LogP contribution in [0.25, 0.3) is 0 Å². The smallest absolute Gasteiger partial charge is 0.330 e. The molecule has 1 aliphatic carbocycles. The molecule has 30 heavy (non-hydrogen) atoms. The quantitative estimate of drug-likeness (QED) is 0.272. The second kappa shape index (κ2) is 11.2. The Bertz CT molecular complexity index is 684. The molecule has 1 heterocycles. The second-order valence-electron chi connectivity index (χ2n) is 8.69. The number of aliphatic hydroxyl groups excluding tert-OH is 2. The maximum atomic E-state index is 13.0. The van der Waals surface area contributed by atoms with Gasteiger partial charge in [-0.25, -0.2) is 0 Å². The van der Waals surface area contributed by atoms with Crippen molar-refractivity contribution in [1.29, 1.82) is 0 Å². The highest BCUT2D eigenvalue weighted by atomic mass is 31.2. The average molecular weight is 441 g/mol. The van der Waals surface area contributed by atoms with Gasteiger partial charge in [0, 0.05) is 13.0 Å². The summed E-state index contributed by atoms with van der Waals surface area (Å²) in [5.74, 6) is -0.374. The zero-order chi connectivity index (χ0) is 21.6. The lowest BCUT2D eigenvalue weighted by Crippen LogP contribution is -2.28. The standard InChI is InChI=1S/C23H37O6P/c1-3-4-6-11-22-23(29-22)14-18-19(21(25)15-20(18)24)16-28-30(26,27-2)13-12-17-9-7-5-8-10-17/h5,7-10,18-25H,3-4,6,11-16H2,1-2H3/t18?,19-,20+,21-,22?,23?,30?/m0/s1. The van der Waals surface area contributed by atoms with Crippen LogP contribution in [0.1, 0.15) is 51.0 Å². The van der Waals surface area contributed by atoms with Gasteiger partial charge in [-0.2, -0.15) is 0 Å². The number of epoxide rings is 1. The fraction of sp³-hybridized carbons (Fsp3) is 0.739. The zero-order valence-corrected chi connectivity index (χ0v) is 19.1. The highest BCUT2D eigenvalue weighted by molar-refractivity contribution is 7.53. The summed E-state index contributed by atoms with van der Waals surface area (Å²) in [7, 11) is -1.86. The molecular formula is C23H37O6P. The summed E-state index contributed by atoms with van der Waals surface area (Å²) in [6, 6.07) is 9.81. The van der Waals surface area contributed by atoms with Gasteiger partial charge in [-0.3, -0.25) is 4.57 Å². The Hall–Kier alpha value is -0.750. The van der Waals surface area contributed by atoms with E-state index in [0.717, 1.165) is 12.0 Å². The molecule has 2 aliphatic rings. The summed E-state index contributed by atoms with van der Waals surface area (Å²) in [4.78, 5) is 0. The van der Waals surface area contributed by atoms with Gasteiger partial charge < -0.3 is 24.0 Å². The topological polar surface area (TPSA) is 88.5 Å². The Balaban J connectivity index is 1.50. The van der Waals surface area contributed by atoms with E-state index in [1.165, 1.54) is 26.4 Å². The van der Waals surface area contributed by atoms with Crippen LogP contribution in [0, 0.1) is 11.8 Å². The van der Waals surface area contributed by atoms with E-state index in [9.17, 15) is 14.8 Å². The Morgan fingerprint density at radius 3 is 2.53 bits per heavy atom. The normalized spacial score (nSPS) is 32.8. The van der Waals surface area contributed by atoms with Gasteiger partial charge in [0.2, 0.25) is 0 Å². The summed E-state index contributed by atoms with van der Waals surface area (Å²) in [5.41, 5.74) is 1.08. The van der Waals surface area contributed by atoms with Crippen LogP contribution in [0.5, 0.6) is 0 Å². The first-order valence-electron chi connectivity index (χ1n) is 11.3. The number of rotatable bonds is 13. The van der Waals surface area contributed by atoms with Gasteiger partial charge in [0.1, 0.15) is 0 Å². The van der Waals surface area contributed by atoms with E-state index in [4.69, 9.17) is 13.8 Å². The Kier molecular flexibility index (Phi) is 8.94. The van der Waals surface area contributed by atoms with Crippen LogP contribution in [-0.2, 0) is 24.8 Å². The SMILES string of the molecule is CCCCCC1OC1CC1[C@H](O)C[C@H](O)[C@H]1COP(=O)(CCc1ccccc1)OC. The van der Waals surface area contributed by atoms with Gasteiger partial charge in [-0.05, 0) is 37.2 Å². The maximum Gasteiger partial charge on any atom is 0.330 e. The van der Waals surface area contributed by atoms with Crippen molar-refractivity contribution in [3.8, 4) is 0 Å². The number of ether oxygens (including phenoxy) is 1. The van der Waals surface area contributed by atoms with E-state index < -0.39 is 19.8 Å². The molecule has 7 heteroatoms. The van der Waals surface area contributed by atoms with Crippen molar-refractivity contribution in [2.75, 3.05) is 19.9 Å². The van der Waals surface area contributed by atoms with Crippen molar-refractivity contribution in [2.24, 2.45) is 11.8 Å². The van der Waals surface area contributed by atoms with Crippen molar-refractivity contribution in [1.82, 2.24) is 0 Å². The molecule has 170 valence electrons. The second-order valence-corrected chi connectivity index (χ2v) is 11.0. The van der Waals surface area contributed by atoms with E-state index in [1.807, 2.05) is 30.3 Å². The summed E-state index contributed by atoms with van der Waals surface area (Å²) >= 11 is 0. The highest BCUT2D eigenvalue weighted by Gasteiger charge is 2.48. The average Bonchev–Trinajstić information content (AvgIpc) is 3.43. The minimum Gasteiger partial charge on any atom is -0.393 e. The van der Waals surface area contributed by atoms with E-state index in [0.29, 0.717) is 19.3 Å². The van der Waals surface area contributed by atoms with Crippen molar-refractivity contribution in [3.05, 3.63) is 35.9 Å². The van der Waals surface area contributed by atoms with Crippen LogP contribution in [0.15, 0.2) is 30.3 Å². The molecule has 1 aromatic rings. The summed E-state index contributed by atoms with van der Waals surface area (Å²) in [6.07, 6.45) is 5.73. The number of hydrogen-bond donors (Lipinski definition) is 2. The molecule has 0 spiro atoms. The van der Waals surface area contributed by atoms with Crippen molar-refractivity contribution in [2.45, 2.75) is 76.3 Å². The monoisotopic (exact) mass is 440 g/mol. The number of aryl methyl sites for hydroxylation is 1. The van der Waals surface area contributed by atoms with Gasteiger partial charge in [0.15, 0.2) is 0 Å². The lowest BCUT2D eigenvalue weighted by Gasteiger charge is -2.25. The van der Waals surface area contributed by atoms with Crippen LogP contribution < -0.4 is 0 Å². The van der Waals surface area contributed by atoms with E-state index in [2.05, 4.69) is 6.92 Å². The third-order valence-corrected chi connectivity index (χ3v) is 8.43. The minimum atomic E-state index is -3.26. The van der Waals surface area contributed by atoms with Gasteiger partial charge in [0.05, 0.1) is 37.2 Å². The molecule has 0 aromatic heterocycles. The molecule has 6 nitrogen and oxygen atoms in total. The Labute approximate surface area is 180 Å². The molecule has 7 atom stereocenters. The molecule has 3 rings (SSSR count). The molecule has 1 saturated heterocycles. The van der Waals surface area contributed by atoms with Crippen LogP contribution in [0.3, 0.4) is 0 Å². The first kappa shape index (κ1) is 23.9. The summed E-state index contributed by atoms with van der Waals surface area (Å²) < 4.78 is 29.8. The molecule has 0 amide bonds. The number of benzene rings is 1. The van der Waals surface area contributed by atoms with Crippen LogP contribution in [0.4, 0.5) is 0 Å². The molecule has 4 unspecified atom stereocenters. The van der Waals surface area contributed by atoms with E-state index >= 15 is 0 Å². The highest BCUT2D eigenvalue weighted by Crippen LogP contribution is 2.50. The Morgan fingerprint density at radius 2 is 1.83 bits per heavy atom. The summed E-state index contributed by atoms with van der Waals surface area (Å²) in [6.45, 7) is 2.31. The first-order valence-corrected chi connectivity index (χ1v) is 13.0. The van der Waals surface area contributed by atoms with Crippen LogP contribution in [-0.4, -0.2) is 54.5 Å². The third-order valence-electron chi connectivity index (χ3n) is 6.56. The molecule has 0 bridgehead atoms. The fourth-order valence-corrected chi connectivity index (χ4v) is 5.91. The minimum absolute atomic E-state index is 0.111. The molecule has 1 aromatic carbocycles. The van der Waals surface area contributed by atoms with Crippen LogP contribution in [0.2, 0.25) is 0 Å². The first-order chi connectivity index (χ1) is 14.5. The largest absolute Gasteiger partial charge is 0.393 e. The molecule has 1 saturated carbocycles. The fourth-order valence-electron chi connectivity index (χ4n) is 4.56. The zero-order valence-electron chi connectivity index (χ0n) is 18.2. The predicted molar refractivity (Wildman–Crippen MR) is 117 cm³/mol. The lowest BCUT2D eigenvalue weighted by molar-refractivity contribution is 0.0629. The van der Waals surface area contributed by atoms with Crippen molar-refractivity contribution in [3.63, 3.8) is 0 Å².